The highest BCUT2D eigenvalue weighted by Crippen LogP contribution is 2.29. The molecular formula is C25H32N8O. The van der Waals surface area contributed by atoms with Gasteiger partial charge in [-0.2, -0.15) is 0 Å². The van der Waals surface area contributed by atoms with Crippen LogP contribution in [0.4, 0.5) is 22.0 Å². The largest absolute Gasteiger partial charge is 0.368 e. The first-order valence-corrected chi connectivity index (χ1v) is 12.0. The number of aromatic nitrogens is 4. The standard InChI is InChI=1S/C25H32N8O/c1-17(2)27-19-14-30(15-19)20-8-10-21(11-9-20)31-12-13-32(25(31)34)23-7-5-6-22(28-23)24-29-26-16-33(24)18(3)4/h5-11,16-19,27H,12-15H2,1-4H3. The van der Waals surface area contributed by atoms with Gasteiger partial charge in [0, 0.05) is 55.7 Å². The minimum atomic E-state index is -0.0622. The third-order valence-electron chi connectivity index (χ3n) is 6.36. The summed E-state index contributed by atoms with van der Waals surface area (Å²) in [6.45, 7) is 11.7. The van der Waals surface area contributed by atoms with Crippen molar-refractivity contribution in [2.24, 2.45) is 0 Å². The van der Waals surface area contributed by atoms with E-state index in [9.17, 15) is 4.79 Å². The zero-order valence-corrected chi connectivity index (χ0v) is 20.2. The van der Waals surface area contributed by atoms with E-state index in [2.05, 4.69) is 60.2 Å². The maximum Gasteiger partial charge on any atom is 0.330 e. The van der Waals surface area contributed by atoms with Crippen molar-refractivity contribution in [2.45, 2.75) is 45.8 Å². The molecule has 2 saturated heterocycles. The number of urea groups is 1. The van der Waals surface area contributed by atoms with Crippen LogP contribution in [0.3, 0.4) is 0 Å². The fourth-order valence-electron chi connectivity index (χ4n) is 4.60. The molecule has 0 bridgehead atoms. The monoisotopic (exact) mass is 460 g/mol. The molecule has 0 unspecified atom stereocenters. The molecule has 2 amide bonds. The number of pyridine rings is 1. The van der Waals surface area contributed by atoms with Crippen LogP contribution in [0, 0.1) is 0 Å². The van der Waals surface area contributed by atoms with E-state index < -0.39 is 0 Å². The van der Waals surface area contributed by atoms with E-state index in [0.717, 1.165) is 18.8 Å². The van der Waals surface area contributed by atoms with Gasteiger partial charge in [0.05, 0.1) is 0 Å². The Morgan fingerprint density at radius 3 is 2.35 bits per heavy atom. The van der Waals surface area contributed by atoms with E-state index in [0.29, 0.717) is 42.5 Å². The summed E-state index contributed by atoms with van der Waals surface area (Å²) in [5.41, 5.74) is 2.81. The van der Waals surface area contributed by atoms with Gasteiger partial charge in [0.15, 0.2) is 5.82 Å². The predicted octanol–water partition coefficient (Wildman–Crippen LogP) is 3.55. The molecule has 178 valence electrons. The molecule has 2 aliphatic heterocycles. The lowest BCUT2D eigenvalue weighted by Gasteiger charge is -2.42. The summed E-state index contributed by atoms with van der Waals surface area (Å²) in [6, 6.07) is 15.2. The van der Waals surface area contributed by atoms with Crippen molar-refractivity contribution in [3.05, 3.63) is 48.8 Å². The van der Waals surface area contributed by atoms with Crippen LogP contribution in [0.25, 0.3) is 11.5 Å². The van der Waals surface area contributed by atoms with Crippen molar-refractivity contribution in [1.82, 2.24) is 25.1 Å². The number of hydrogen-bond donors (Lipinski definition) is 1. The number of anilines is 3. The average molecular weight is 461 g/mol. The maximum absolute atomic E-state index is 13.3. The van der Waals surface area contributed by atoms with Crippen LogP contribution < -0.4 is 20.0 Å². The summed E-state index contributed by atoms with van der Waals surface area (Å²) in [7, 11) is 0. The molecule has 2 aromatic heterocycles. The Kier molecular flexibility index (Phi) is 5.95. The molecule has 9 heteroatoms. The van der Waals surface area contributed by atoms with Gasteiger partial charge in [-0.3, -0.25) is 9.80 Å². The van der Waals surface area contributed by atoms with Gasteiger partial charge in [0.1, 0.15) is 17.8 Å². The van der Waals surface area contributed by atoms with Crippen molar-refractivity contribution < 1.29 is 4.79 Å². The lowest BCUT2D eigenvalue weighted by atomic mass is 10.1. The normalized spacial score (nSPS) is 16.8. The number of nitrogens with one attached hydrogen (secondary N) is 1. The topological polar surface area (TPSA) is 82.4 Å². The Bertz CT molecular complexity index is 1150. The SMILES string of the molecule is CC(C)NC1CN(c2ccc(N3CCN(c4cccc(-c5nncn5C(C)C)n4)C3=O)cc2)C1. The van der Waals surface area contributed by atoms with E-state index in [1.165, 1.54) is 5.69 Å². The van der Waals surface area contributed by atoms with Crippen LogP contribution in [0.1, 0.15) is 33.7 Å². The van der Waals surface area contributed by atoms with Gasteiger partial charge in [0.25, 0.3) is 0 Å². The molecular weight excluding hydrogens is 428 g/mol. The van der Waals surface area contributed by atoms with Gasteiger partial charge < -0.3 is 14.8 Å². The van der Waals surface area contributed by atoms with E-state index >= 15 is 0 Å². The minimum absolute atomic E-state index is 0.0622. The molecule has 2 fully saturated rings. The van der Waals surface area contributed by atoms with Gasteiger partial charge in [-0.15, -0.1) is 10.2 Å². The first-order valence-electron chi connectivity index (χ1n) is 12.0. The molecule has 0 saturated carbocycles. The second-order valence-electron chi connectivity index (χ2n) is 9.56. The second-order valence-corrected chi connectivity index (χ2v) is 9.56. The smallest absolute Gasteiger partial charge is 0.330 e. The molecule has 0 aliphatic carbocycles. The molecule has 2 aliphatic rings. The summed E-state index contributed by atoms with van der Waals surface area (Å²) in [4.78, 5) is 23.9. The number of hydrogen-bond acceptors (Lipinski definition) is 6. The predicted molar refractivity (Wildman–Crippen MR) is 134 cm³/mol. The second kappa shape index (κ2) is 9.06. The van der Waals surface area contributed by atoms with Crippen LogP contribution in [-0.4, -0.2) is 64.0 Å². The number of carbonyl (C=O) groups is 1. The van der Waals surface area contributed by atoms with Gasteiger partial charge in [-0.1, -0.05) is 19.9 Å². The fraction of sp³-hybridized carbons (Fsp3) is 0.440. The molecule has 3 aromatic rings. The van der Waals surface area contributed by atoms with Crippen LogP contribution in [0.15, 0.2) is 48.8 Å². The third kappa shape index (κ3) is 4.23. The van der Waals surface area contributed by atoms with E-state index in [1.54, 1.807) is 11.2 Å². The number of benzene rings is 1. The van der Waals surface area contributed by atoms with Crippen LogP contribution in [0.2, 0.25) is 0 Å². The van der Waals surface area contributed by atoms with E-state index in [-0.39, 0.29) is 12.1 Å². The highest BCUT2D eigenvalue weighted by molar-refractivity contribution is 6.05. The Morgan fingerprint density at radius 2 is 1.65 bits per heavy atom. The van der Waals surface area contributed by atoms with Crippen molar-refractivity contribution in [3.63, 3.8) is 0 Å². The van der Waals surface area contributed by atoms with Crippen LogP contribution in [0.5, 0.6) is 0 Å². The minimum Gasteiger partial charge on any atom is -0.368 e. The Morgan fingerprint density at radius 1 is 0.941 bits per heavy atom. The first kappa shape index (κ1) is 22.3. The summed E-state index contributed by atoms with van der Waals surface area (Å²) < 4.78 is 1.98. The van der Waals surface area contributed by atoms with E-state index in [1.807, 2.05) is 39.8 Å². The maximum atomic E-state index is 13.3. The van der Waals surface area contributed by atoms with Crippen molar-refractivity contribution in [3.8, 4) is 11.5 Å². The average Bonchev–Trinajstić information content (AvgIpc) is 3.43. The first-order chi connectivity index (χ1) is 16.4. The molecule has 9 nitrogen and oxygen atoms in total. The number of carbonyl (C=O) groups excluding carboxylic acids is 1. The molecule has 4 heterocycles. The summed E-state index contributed by atoms with van der Waals surface area (Å²) >= 11 is 0. The van der Waals surface area contributed by atoms with Gasteiger partial charge in [-0.25, -0.2) is 9.78 Å². The van der Waals surface area contributed by atoms with Crippen LogP contribution in [-0.2, 0) is 0 Å². The van der Waals surface area contributed by atoms with Crippen molar-refractivity contribution >= 4 is 23.2 Å². The van der Waals surface area contributed by atoms with Gasteiger partial charge in [0.2, 0.25) is 0 Å². The summed E-state index contributed by atoms with van der Waals surface area (Å²) in [5.74, 6) is 1.33. The molecule has 5 rings (SSSR count). The fourth-order valence-corrected chi connectivity index (χ4v) is 4.60. The lowest BCUT2D eigenvalue weighted by molar-refractivity contribution is 0.255. The molecule has 34 heavy (non-hydrogen) atoms. The zero-order valence-electron chi connectivity index (χ0n) is 20.2. The third-order valence-corrected chi connectivity index (χ3v) is 6.36. The Balaban J connectivity index is 1.27. The van der Waals surface area contributed by atoms with E-state index in [4.69, 9.17) is 4.98 Å². The van der Waals surface area contributed by atoms with Crippen molar-refractivity contribution in [1.29, 1.82) is 0 Å². The number of nitrogens with zero attached hydrogens (tertiary/aromatic N) is 7. The van der Waals surface area contributed by atoms with Crippen molar-refractivity contribution in [2.75, 3.05) is 40.9 Å². The Labute approximate surface area is 200 Å². The Hall–Kier alpha value is -3.46. The highest BCUT2D eigenvalue weighted by atomic mass is 16.2. The summed E-state index contributed by atoms with van der Waals surface area (Å²) in [6.07, 6.45) is 1.71. The molecule has 0 radical (unpaired) electrons. The zero-order chi connectivity index (χ0) is 23.8. The quantitative estimate of drug-likeness (QED) is 0.581. The van der Waals surface area contributed by atoms with Gasteiger partial charge >= 0.3 is 6.03 Å². The highest BCUT2D eigenvalue weighted by Gasteiger charge is 2.32. The number of amides is 2. The molecule has 0 atom stereocenters. The molecule has 0 spiro atoms. The van der Waals surface area contributed by atoms with Crippen LogP contribution >= 0.6 is 0 Å². The molecule has 1 aromatic carbocycles. The summed E-state index contributed by atoms with van der Waals surface area (Å²) in [5, 5.41) is 11.8. The lowest BCUT2D eigenvalue weighted by Crippen LogP contribution is -2.59. The van der Waals surface area contributed by atoms with Gasteiger partial charge in [-0.05, 0) is 50.2 Å². The number of rotatable bonds is 7. The molecule has 1 N–H and O–H groups in total.